The molecule has 1 aromatic carbocycles. The van der Waals surface area contributed by atoms with E-state index in [-0.39, 0.29) is 25.3 Å². The summed E-state index contributed by atoms with van der Waals surface area (Å²) >= 11 is 0. The van der Waals surface area contributed by atoms with E-state index in [4.69, 9.17) is 10.00 Å². The molecule has 2 rings (SSSR count). The molecular weight excluding hydrogens is 317 g/mol. The van der Waals surface area contributed by atoms with Crippen LogP contribution in [-0.4, -0.2) is 27.0 Å². The lowest BCUT2D eigenvalue weighted by atomic mass is 10.3. The Morgan fingerprint density at radius 1 is 1.33 bits per heavy atom. The second kappa shape index (κ2) is 7.57. The first-order valence-corrected chi connectivity index (χ1v) is 7.27. The van der Waals surface area contributed by atoms with Gasteiger partial charge in [0.15, 0.2) is 0 Å². The van der Waals surface area contributed by atoms with Crippen molar-refractivity contribution in [2.75, 3.05) is 6.61 Å². The SMILES string of the molecule is CCn1cc(C#N)c(=O)n(C[C@H](O)COc2ccc(F)cc2)c1=O. The third kappa shape index (κ3) is 3.88. The Bertz CT molecular complexity index is 865. The summed E-state index contributed by atoms with van der Waals surface area (Å²) in [4.78, 5) is 24.2. The average molecular weight is 333 g/mol. The van der Waals surface area contributed by atoms with Gasteiger partial charge in [0.2, 0.25) is 0 Å². The summed E-state index contributed by atoms with van der Waals surface area (Å²) < 4.78 is 20.1. The van der Waals surface area contributed by atoms with E-state index < -0.39 is 23.2 Å². The van der Waals surface area contributed by atoms with E-state index in [1.165, 1.54) is 35.0 Å². The van der Waals surface area contributed by atoms with E-state index >= 15 is 0 Å². The third-order valence-corrected chi connectivity index (χ3v) is 3.35. The molecule has 0 aliphatic heterocycles. The van der Waals surface area contributed by atoms with Crippen molar-refractivity contribution in [1.82, 2.24) is 9.13 Å². The molecule has 0 radical (unpaired) electrons. The molecular formula is C16H16FN3O4. The van der Waals surface area contributed by atoms with Gasteiger partial charge in [-0.3, -0.25) is 13.9 Å². The number of aromatic nitrogens is 2. The fourth-order valence-corrected chi connectivity index (χ4v) is 2.10. The van der Waals surface area contributed by atoms with Crippen molar-refractivity contribution in [1.29, 1.82) is 5.26 Å². The molecule has 0 saturated carbocycles. The number of hydrogen-bond acceptors (Lipinski definition) is 5. The maximum atomic E-state index is 12.8. The first-order valence-electron chi connectivity index (χ1n) is 7.27. The zero-order chi connectivity index (χ0) is 17.7. The van der Waals surface area contributed by atoms with Gasteiger partial charge in [-0.15, -0.1) is 0 Å². The molecule has 0 unspecified atom stereocenters. The summed E-state index contributed by atoms with van der Waals surface area (Å²) in [5.74, 6) is -0.0672. The number of rotatable bonds is 6. The number of hydrogen-bond donors (Lipinski definition) is 1. The number of aryl methyl sites for hydroxylation is 1. The molecule has 1 aromatic heterocycles. The van der Waals surface area contributed by atoms with Gasteiger partial charge >= 0.3 is 5.69 Å². The second-order valence-corrected chi connectivity index (χ2v) is 5.06. The van der Waals surface area contributed by atoms with Gasteiger partial charge < -0.3 is 9.84 Å². The molecule has 2 aromatic rings. The summed E-state index contributed by atoms with van der Waals surface area (Å²) in [6, 6.07) is 6.95. The Hall–Kier alpha value is -2.92. The predicted molar refractivity (Wildman–Crippen MR) is 83.3 cm³/mol. The van der Waals surface area contributed by atoms with E-state index in [1.807, 2.05) is 0 Å². The molecule has 1 N–H and O–H groups in total. The van der Waals surface area contributed by atoms with Crippen LogP contribution >= 0.6 is 0 Å². The van der Waals surface area contributed by atoms with Crippen LogP contribution in [0.4, 0.5) is 4.39 Å². The van der Waals surface area contributed by atoms with Gasteiger partial charge in [0.25, 0.3) is 5.56 Å². The lowest BCUT2D eigenvalue weighted by molar-refractivity contribution is 0.0899. The molecule has 1 atom stereocenters. The monoisotopic (exact) mass is 333 g/mol. The van der Waals surface area contributed by atoms with E-state index in [0.717, 1.165) is 4.57 Å². The van der Waals surface area contributed by atoms with E-state index in [0.29, 0.717) is 5.75 Å². The van der Waals surface area contributed by atoms with Crippen LogP contribution in [0.15, 0.2) is 40.1 Å². The van der Waals surface area contributed by atoms with Gasteiger partial charge in [0, 0.05) is 12.7 Å². The zero-order valence-electron chi connectivity index (χ0n) is 13.0. The molecule has 0 amide bonds. The van der Waals surface area contributed by atoms with Crippen molar-refractivity contribution in [2.45, 2.75) is 26.1 Å². The van der Waals surface area contributed by atoms with Gasteiger partial charge in [0.1, 0.15) is 35.9 Å². The highest BCUT2D eigenvalue weighted by atomic mass is 19.1. The fraction of sp³-hybridized carbons (Fsp3) is 0.312. The number of aliphatic hydroxyl groups is 1. The molecule has 0 aliphatic carbocycles. The van der Waals surface area contributed by atoms with Crippen LogP contribution in [0.2, 0.25) is 0 Å². The summed E-state index contributed by atoms with van der Waals surface area (Å²) in [6.45, 7) is 1.48. The Morgan fingerprint density at radius 2 is 2.00 bits per heavy atom. The Kier molecular flexibility index (Phi) is 5.50. The molecule has 126 valence electrons. The lowest BCUT2D eigenvalue weighted by Crippen LogP contribution is -2.44. The second-order valence-electron chi connectivity index (χ2n) is 5.06. The largest absolute Gasteiger partial charge is 0.491 e. The summed E-state index contributed by atoms with van der Waals surface area (Å²) in [6.07, 6.45) is 0.0439. The van der Waals surface area contributed by atoms with Crippen molar-refractivity contribution >= 4 is 0 Å². The van der Waals surface area contributed by atoms with E-state index in [1.54, 1.807) is 13.0 Å². The minimum Gasteiger partial charge on any atom is -0.491 e. The smallest absolute Gasteiger partial charge is 0.331 e. The van der Waals surface area contributed by atoms with Crippen LogP contribution in [0, 0.1) is 17.1 Å². The molecule has 0 saturated heterocycles. The molecule has 8 heteroatoms. The molecule has 0 spiro atoms. The van der Waals surface area contributed by atoms with Gasteiger partial charge in [-0.05, 0) is 31.2 Å². The van der Waals surface area contributed by atoms with Crippen LogP contribution in [0.5, 0.6) is 5.75 Å². The summed E-state index contributed by atoms with van der Waals surface area (Å²) in [5.41, 5.74) is -1.54. The Morgan fingerprint density at radius 3 is 2.58 bits per heavy atom. The molecule has 1 heterocycles. The van der Waals surface area contributed by atoms with Gasteiger partial charge in [-0.2, -0.15) is 5.26 Å². The summed E-state index contributed by atoms with van der Waals surface area (Å²) in [7, 11) is 0. The first-order chi connectivity index (χ1) is 11.5. The molecule has 7 nitrogen and oxygen atoms in total. The molecule has 0 aliphatic rings. The fourth-order valence-electron chi connectivity index (χ4n) is 2.10. The number of halogens is 1. The van der Waals surface area contributed by atoms with Gasteiger partial charge in [0.05, 0.1) is 6.54 Å². The van der Waals surface area contributed by atoms with E-state index in [2.05, 4.69) is 0 Å². The number of aliphatic hydroxyl groups excluding tert-OH is 1. The normalized spacial score (nSPS) is 11.8. The highest BCUT2D eigenvalue weighted by Gasteiger charge is 2.15. The van der Waals surface area contributed by atoms with Crippen molar-refractivity contribution in [2.24, 2.45) is 0 Å². The average Bonchev–Trinajstić information content (AvgIpc) is 2.58. The van der Waals surface area contributed by atoms with Crippen molar-refractivity contribution in [3.8, 4) is 11.8 Å². The number of nitriles is 1. The Labute approximate surface area is 136 Å². The lowest BCUT2D eigenvalue weighted by Gasteiger charge is -2.15. The summed E-state index contributed by atoms with van der Waals surface area (Å²) in [5, 5.41) is 19.0. The van der Waals surface area contributed by atoms with E-state index in [9.17, 15) is 19.1 Å². The maximum absolute atomic E-state index is 12.8. The topological polar surface area (TPSA) is 97.2 Å². The van der Waals surface area contributed by atoms with Crippen molar-refractivity contribution in [3.63, 3.8) is 0 Å². The van der Waals surface area contributed by atoms with Gasteiger partial charge in [-0.25, -0.2) is 9.18 Å². The van der Waals surface area contributed by atoms with Crippen LogP contribution in [-0.2, 0) is 13.1 Å². The minimum atomic E-state index is -1.15. The van der Waals surface area contributed by atoms with Crippen LogP contribution in [0.25, 0.3) is 0 Å². The van der Waals surface area contributed by atoms with Gasteiger partial charge in [-0.1, -0.05) is 0 Å². The highest BCUT2D eigenvalue weighted by Crippen LogP contribution is 2.11. The maximum Gasteiger partial charge on any atom is 0.331 e. The van der Waals surface area contributed by atoms with Crippen LogP contribution in [0.1, 0.15) is 12.5 Å². The number of ether oxygens (including phenoxy) is 1. The molecule has 0 bridgehead atoms. The van der Waals surface area contributed by atoms with Crippen molar-refractivity contribution in [3.05, 3.63) is 62.7 Å². The number of nitrogens with zero attached hydrogens (tertiary/aromatic N) is 3. The highest BCUT2D eigenvalue weighted by molar-refractivity contribution is 5.23. The standard InChI is InChI=1S/C16H16FN3O4/c1-2-19-8-11(7-18)15(22)20(16(19)23)9-13(21)10-24-14-5-3-12(17)4-6-14/h3-6,8,13,21H,2,9-10H2,1H3/t13-/m0/s1. The molecule has 0 fully saturated rings. The third-order valence-electron chi connectivity index (χ3n) is 3.35. The predicted octanol–water partition coefficient (Wildman–Crippen LogP) is 0.481. The zero-order valence-corrected chi connectivity index (χ0v) is 13.0. The quantitative estimate of drug-likeness (QED) is 0.829. The Balaban J connectivity index is 2.15. The molecule has 24 heavy (non-hydrogen) atoms. The first kappa shape index (κ1) is 17.4. The van der Waals surface area contributed by atoms with Crippen molar-refractivity contribution < 1.29 is 14.2 Å². The number of benzene rings is 1. The van der Waals surface area contributed by atoms with Crippen LogP contribution in [0.3, 0.4) is 0 Å². The minimum absolute atomic E-state index is 0.178. The van der Waals surface area contributed by atoms with Crippen LogP contribution < -0.4 is 16.0 Å².